The summed E-state index contributed by atoms with van der Waals surface area (Å²) in [5.74, 6) is -1.63. The summed E-state index contributed by atoms with van der Waals surface area (Å²) in [6.45, 7) is 2.18. The Bertz CT molecular complexity index is 317. The largest absolute Gasteiger partial charge is 0.389 e. The van der Waals surface area contributed by atoms with Crippen LogP contribution in [0, 0.1) is 11.8 Å². The highest BCUT2D eigenvalue weighted by molar-refractivity contribution is 5.81. The van der Waals surface area contributed by atoms with Crippen molar-refractivity contribution in [2.24, 2.45) is 17.6 Å². The van der Waals surface area contributed by atoms with Crippen molar-refractivity contribution in [1.82, 2.24) is 4.90 Å². The second-order valence-corrected chi connectivity index (χ2v) is 4.40. The van der Waals surface area contributed by atoms with E-state index < -0.39 is 36.8 Å². The van der Waals surface area contributed by atoms with Crippen LogP contribution in [0.3, 0.4) is 0 Å². The maximum Gasteiger partial charge on any atom is 0.389 e. The molecule has 2 atom stereocenters. The molecule has 0 saturated carbocycles. The van der Waals surface area contributed by atoms with Crippen molar-refractivity contribution in [2.75, 3.05) is 13.1 Å². The molecule has 1 heterocycles. The molecule has 0 bridgehead atoms. The highest BCUT2D eigenvalue weighted by atomic mass is 19.4. The fraction of sp³-hybridized carbons (Fsp3) is 0.800. The summed E-state index contributed by atoms with van der Waals surface area (Å²) in [5.41, 5.74) is 5.14. The van der Waals surface area contributed by atoms with E-state index >= 15 is 0 Å². The normalized spacial score (nSPS) is 25.1. The fourth-order valence-electron chi connectivity index (χ4n) is 1.95. The number of rotatable bonds is 3. The number of likely N-dealkylation sites (tertiary alicyclic amines) is 1. The van der Waals surface area contributed by atoms with E-state index in [4.69, 9.17) is 5.73 Å². The van der Waals surface area contributed by atoms with Crippen LogP contribution in [0.1, 0.15) is 19.8 Å². The SMILES string of the molecule is C[C@@H]1CN(C(=O)CCC(F)(F)F)C[C@H]1C(N)=O. The van der Waals surface area contributed by atoms with E-state index in [0.717, 1.165) is 0 Å². The zero-order valence-electron chi connectivity index (χ0n) is 9.46. The summed E-state index contributed by atoms with van der Waals surface area (Å²) in [6, 6.07) is 0. The molecule has 1 saturated heterocycles. The van der Waals surface area contributed by atoms with Crippen LogP contribution in [0.15, 0.2) is 0 Å². The zero-order chi connectivity index (χ0) is 13.2. The van der Waals surface area contributed by atoms with Gasteiger partial charge in [0.25, 0.3) is 0 Å². The van der Waals surface area contributed by atoms with Crippen molar-refractivity contribution in [1.29, 1.82) is 0 Å². The molecule has 2 N–H and O–H groups in total. The molecule has 1 rings (SSSR count). The number of carbonyl (C=O) groups excluding carboxylic acids is 2. The lowest BCUT2D eigenvalue weighted by atomic mass is 9.98. The number of halogens is 3. The number of nitrogens with zero attached hydrogens (tertiary/aromatic N) is 1. The van der Waals surface area contributed by atoms with Gasteiger partial charge in [-0.05, 0) is 5.92 Å². The number of hydrogen-bond donors (Lipinski definition) is 1. The minimum Gasteiger partial charge on any atom is -0.369 e. The fourth-order valence-corrected chi connectivity index (χ4v) is 1.95. The predicted octanol–water partition coefficient (Wildman–Crippen LogP) is 0.909. The first-order valence-corrected chi connectivity index (χ1v) is 5.34. The Kier molecular flexibility index (Phi) is 4.00. The average Bonchev–Trinajstić information content (AvgIpc) is 2.55. The summed E-state index contributed by atoms with van der Waals surface area (Å²) < 4.78 is 35.8. The molecule has 1 aliphatic heterocycles. The molecule has 1 aliphatic rings. The minimum atomic E-state index is -4.33. The number of carbonyl (C=O) groups is 2. The van der Waals surface area contributed by atoms with Crippen molar-refractivity contribution in [3.8, 4) is 0 Å². The van der Waals surface area contributed by atoms with E-state index in [2.05, 4.69) is 0 Å². The van der Waals surface area contributed by atoms with Gasteiger partial charge in [-0.1, -0.05) is 6.92 Å². The molecule has 0 unspecified atom stereocenters. The standard InChI is InChI=1S/C10H15F3N2O2/c1-6-4-15(5-7(6)9(14)17)8(16)2-3-10(11,12)13/h6-7H,2-5H2,1H3,(H2,14,17)/t6-,7-/m1/s1. The van der Waals surface area contributed by atoms with E-state index in [1.54, 1.807) is 6.92 Å². The lowest BCUT2D eigenvalue weighted by Gasteiger charge is -2.16. The maximum atomic E-state index is 11.9. The number of alkyl halides is 3. The first-order valence-electron chi connectivity index (χ1n) is 5.34. The Balaban J connectivity index is 2.48. The van der Waals surface area contributed by atoms with Crippen LogP contribution in [0.5, 0.6) is 0 Å². The summed E-state index contributed by atoms with van der Waals surface area (Å²) in [6.07, 6.45) is -6.02. The lowest BCUT2D eigenvalue weighted by Crippen LogP contribution is -2.32. The highest BCUT2D eigenvalue weighted by Gasteiger charge is 2.37. The molecule has 0 aromatic rings. The van der Waals surface area contributed by atoms with Crippen LogP contribution in [0.2, 0.25) is 0 Å². The number of nitrogens with two attached hydrogens (primary N) is 1. The van der Waals surface area contributed by atoms with Crippen LogP contribution >= 0.6 is 0 Å². The molecule has 17 heavy (non-hydrogen) atoms. The van der Waals surface area contributed by atoms with E-state index in [-0.39, 0.29) is 12.5 Å². The number of primary amides is 1. The van der Waals surface area contributed by atoms with Gasteiger partial charge in [-0.25, -0.2) is 0 Å². The molecule has 7 heteroatoms. The third-order valence-corrected chi connectivity index (χ3v) is 2.95. The van der Waals surface area contributed by atoms with Gasteiger partial charge < -0.3 is 10.6 Å². The zero-order valence-corrected chi connectivity index (χ0v) is 9.46. The summed E-state index contributed by atoms with van der Waals surface area (Å²) in [4.78, 5) is 23.8. The van der Waals surface area contributed by atoms with E-state index in [0.29, 0.717) is 6.54 Å². The van der Waals surface area contributed by atoms with E-state index in [1.165, 1.54) is 4.90 Å². The minimum absolute atomic E-state index is 0.0951. The van der Waals surface area contributed by atoms with Crippen molar-refractivity contribution in [2.45, 2.75) is 25.9 Å². The molecule has 0 aliphatic carbocycles. The summed E-state index contributed by atoms with van der Waals surface area (Å²) in [7, 11) is 0. The van der Waals surface area contributed by atoms with Crippen molar-refractivity contribution >= 4 is 11.8 Å². The van der Waals surface area contributed by atoms with Gasteiger partial charge in [0.2, 0.25) is 11.8 Å². The van der Waals surface area contributed by atoms with Gasteiger partial charge in [0.1, 0.15) is 0 Å². The van der Waals surface area contributed by atoms with Crippen LogP contribution in [0.25, 0.3) is 0 Å². The second-order valence-electron chi connectivity index (χ2n) is 4.40. The first-order chi connectivity index (χ1) is 7.70. The summed E-state index contributed by atoms with van der Waals surface area (Å²) in [5, 5.41) is 0. The Hall–Kier alpha value is -1.27. The third-order valence-electron chi connectivity index (χ3n) is 2.95. The molecule has 0 aromatic carbocycles. The molecule has 98 valence electrons. The van der Waals surface area contributed by atoms with Crippen LogP contribution < -0.4 is 5.73 Å². The molecule has 0 aromatic heterocycles. The van der Waals surface area contributed by atoms with Gasteiger partial charge in [0.15, 0.2) is 0 Å². The van der Waals surface area contributed by atoms with E-state index in [9.17, 15) is 22.8 Å². The van der Waals surface area contributed by atoms with Gasteiger partial charge in [-0.2, -0.15) is 13.2 Å². The molecule has 0 spiro atoms. The van der Waals surface area contributed by atoms with Gasteiger partial charge in [-0.15, -0.1) is 0 Å². The van der Waals surface area contributed by atoms with Gasteiger partial charge >= 0.3 is 6.18 Å². The Morgan fingerprint density at radius 2 is 1.94 bits per heavy atom. The number of amides is 2. The quantitative estimate of drug-likeness (QED) is 0.811. The predicted molar refractivity (Wildman–Crippen MR) is 53.7 cm³/mol. The van der Waals surface area contributed by atoms with Crippen LogP contribution in [0.4, 0.5) is 13.2 Å². The molecule has 4 nitrogen and oxygen atoms in total. The van der Waals surface area contributed by atoms with Gasteiger partial charge in [-0.3, -0.25) is 9.59 Å². The lowest BCUT2D eigenvalue weighted by molar-refractivity contribution is -0.148. The second kappa shape index (κ2) is 4.93. The van der Waals surface area contributed by atoms with Crippen LogP contribution in [-0.4, -0.2) is 36.0 Å². The molecular formula is C10H15F3N2O2. The van der Waals surface area contributed by atoms with Gasteiger partial charge in [0, 0.05) is 19.5 Å². The molecule has 1 fully saturated rings. The molecular weight excluding hydrogens is 237 g/mol. The highest BCUT2D eigenvalue weighted by Crippen LogP contribution is 2.26. The monoisotopic (exact) mass is 252 g/mol. The third kappa shape index (κ3) is 3.90. The van der Waals surface area contributed by atoms with Crippen molar-refractivity contribution < 1.29 is 22.8 Å². The molecule has 2 amide bonds. The molecule has 0 radical (unpaired) electrons. The summed E-state index contributed by atoms with van der Waals surface area (Å²) >= 11 is 0. The Labute approximate surface area is 96.9 Å². The van der Waals surface area contributed by atoms with Gasteiger partial charge in [0.05, 0.1) is 12.3 Å². The Morgan fingerprint density at radius 1 is 1.35 bits per heavy atom. The smallest absolute Gasteiger partial charge is 0.369 e. The maximum absolute atomic E-state index is 11.9. The van der Waals surface area contributed by atoms with Crippen molar-refractivity contribution in [3.05, 3.63) is 0 Å². The average molecular weight is 252 g/mol. The first kappa shape index (κ1) is 13.8. The van der Waals surface area contributed by atoms with Crippen LogP contribution in [-0.2, 0) is 9.59 Å². The van der Waals surface area contributed by atoms with Crippen molar-refractivity contribution in [3.63, 3.8) is 0 Å². The van der Waals surface area contributed by atoms with E-state index in [1.807, 2.05) is 0 Å². The number of hydrogen-bond acceptors (Lipinski definition) is 2. The Morgan fingerprint density at radius 3 is 2.35 bits per heavy atom. The topological polar surface area (TPSA) is 63.4 Å².